The third-order valence-electron chi connectivity index (χ3n) is 3.47. The first kappa shape index (κ1) is 14.4. The average Bonchev–Trinajstić information content (AvgIpc) is 3.14. The summed E-state index contributed by atoms with van der Waals surface area (Å²) < 4.78 is 7.91. The van der Waals surface area contributed by atoms with Gasteiger partial charge in [-0.1, -0.05) is 6.92 Å². The molecule has 20 heavy (non-hydrogen) atoms. The van der Waals surface area contributed by atoms with Gasteiger partial charge in [0.1, 0.15) is 5.03 Å². The van der Waals surface area contributed by atoms with E-state index in [0.29, 0.717) is 6.10 Å². The minimum atomic E-state index is 0.413. The van der Waals surface area contributed by atoms with Crippen molar-refractivity contribution in [1.29, 1.82) is 0 Å². The zero-order valence-corrected chi connectivity index (χ0v) is 13.4. The first-order valence-corrected chi connectivity index (χ1v) is 9.14. The summed E-state index contributed by atoms with van der Waals surface area (Å²) >= 11 is 3.54. The second kappa shape index (κ2) is 6.93. The molecule has 0 bridgehead atoms. The van der Waals surface area contributed by atoms with Gasteiger partial charge in [0.15, 0.2) is 4.96 Å². The van der Waals surface area contributed by atoms with E-state index in [4.69, 9.17) is 9.72 Å². The largest absolute Gasteiger partial charge is 0.377 e. The van der Waals surface area contributed by atoms with Crippen molar-refractivity contribution >= 4 is 28.1 Å². The van der Waals surface area contributed by atoms with Crippen LogP contribution in [-0.4, -0.2) is 34.4 Å². The van der Waals surface area contributed by atoms with E-state index in [1.54, 1.807) is 11.3 Å². The lowest BCUT2D eigenvalue weighted by Crippen LogP contribution is -2.16. The maximum Gasteiger partial charge on any atom is 0.194 e. The lowest BCUT2D eigenvalue weighted by Gasteiger charge is -2.09. The topological polar surface area (TPSA) is 38.6 Å². The molecule has 1 aliphatic heterocycles. The molecule has 1 N–H and O–H groups in total. The fourth-order valence-electron chi connectivity index (χ4n) is 2.42. The zero-order chi connectivity index (χ0) is 13.8. The number of hydrogen-bond donors (Lipinski definition) is 1. The molecule has 4 nitrogen and oxygen atoms in total. The molecule has 2 aromatic heterocycles. The highest BCUT2D eigenvalue weighted by molar-refractivity contribution is 7.99. The third-order valence-corrected chi connectivity index (χ3v) is 5.37. The molecule has 3 heterocycles. The molecule has 3 rings (SSSR count). The summed E-state index contributed by atoms with van der Waals surface area (Å²) in [4.78, 5) is 5.85. The zero-order valence-electron chi connectivity index (χ0n) is 11.8. The Balaban J connectivity index is 1.70. The maximum absolute atomic E-state index is 5.70. The first-order valence-electron chi connectivity index (χ1n) is 7.28. The number of rotatable bonds is 7. The molecule has 110 valence electrons. The number of aromatic nitrogens is 2. The van der Waals surface area contributed by atoms with Gasteiger partial charge in [0.05, 0.1) is 11.8 Å². The van der Waals surface area contributed by atoms with Gasteiger partial charge < -0.3 is 10.1 Å². The Labute approximate surface area is 127 Å². The normalized spacial score (nSPS) is 19.1. The Morgan fingerprint density at radius 2 is 2.55 bits per heavy atom. The first-order chi connectivity index (χ1) is 9.88. The number of fused-ring (bicyclic) bond motifs is 1. The molecule has 0 amide bonds. The molecule has 0 radical (unpaired) electrons. The van der Waals surface area contributed by atoms with Gasteiger partial charge in [-0.25, -0.2) is 4.98 Å². The Morgan fingerprint density at radius 3 is 3.35 bits per heavy atom. The second-order valence-electron chi connectivity index (χ2n) is 5.04. The van der Waals surface area contributed by atoms with Crippen molar-refractivity contribution in [2.45, 2.75) is 43.9 Å². The number of imidazole rings is 1. The number of nitrogens with one attached hydrogen (secondary N) is 1. The monoisotopic (exact) mass is 311 g/mol. The number of hydrogen-bond acceptors (Lipinski definition) is 5. The van der Waals surface area contributed by atoms with E-state index in [9.17, 15) is 0 Å². The minimum Gasteiger partial charge on any atom is -0.377 e. The maximum atomic E-state index is 5.70. The van der Waals surface area contributed by atoms with Crippen LogP contribution in [0.2, 0.25) is 0 Å². The molecule has 1 saturated heterocycles. The Kier molecular flexibility index (Phi) is 4.99. The molecule has 1 fully saturated rings. The summed E-state index contributed by atoms with van der Waals surface area (Å²) in [6, 6.07) is 0. The SMILES string of the molecule is CCCNCc1c(SCC2CCCO2)nc2sccn12. The van der Waals surface area contributed by atoms with Gasteiger partial charge in [0.2, 0.25) is 0 Å². The molecular weight excluding hydrogens is 290 g/mol. The van der Waals surface area contributed by atoms with Crippen molar-refractivity contribution in [2.24, 2.45) is 0 Å². The molecule has 6 heteroatoms. The summed E-state index contributed by atoms with van der Waals surface area (Å²) in [7, 11) is 0. The minimum absolute atomic E-state index is 0.413. The highest BCUT2D eigenvalue weighted by atomic mass is 32.2. The van der Waals surface area contributed by atoms with Crippen LogP contribution in [0.15, 0.2) is 16.6 Å². The van der Waals surface area contributed by atoms with Gasteiger partial charge in [-0.15, -0.1) is 23.1 Å². The van der Waals surface area contributed by atoms with Gasteiger partial charge >= 0.3 is 0 Å². The van der Waals surface area contributed by atoms with Gasteiger partial charge in [-0.3, -0.25) is 4.40 Å². The van der Waals surface area contributed by atoms with Crippen molar-refractivity contribution < 1.29 is 4.74 Å². The highest BCUT2D eigenvalue weighted by Gasteiger charge is 2.19. The standard InChI is InChI=1S/C14H21N3OS2/c1-2-5-15-9-12-13(16-14-17(12)6-8-19-14)20-10-11-4-3-7-18-11/h6,8,11,15H,2-5,7,9-10H2,1H3. The van der Waals surface area contributed by atoms with Crippen LogP contribution in [0.5, 0.6) is 0 Å². The van der Waals surface area contributed by atoms with E-state index in [1.807, 2.05) is 11.8 Å². The van der Waals surface area contributed by atoms with Crippen LogP contribution in [0, 0.1) is 0 Å². The van der Waals surface area contributed by atoms with Crippen LogP contribution in [0.25, 0.3) is 4.96 Å². The molecule has 0 spiro atoms. The van der Waals surface area contributed by atoms with Crippen molar-refractivity contribution in [1.82, 2.24) is 14.7 Å². The van der Waals surface area contributed by atoms with Crippen molar-refractivity contribution in [3.8, 4) is 0 Å². The summed E-state index contributed by atoms with van der Waals surface area (Å²) in [5.74, 6) is 1.02. The predicted octanol–water partition coefficient (Wildman–Crippen LogP) is 3.17. The van der Waals surface area contributed by atoms with E-state index < -0.39 is 0 Å². The van der Waals surface area contributed by atoms with E-state index in [-0.39, 0.29) is 0 Å². The van der Waals surface area contributed by atoms with E-state index >= 15 is 0 Å². The van der Waals surface area contributed by atoms with Crippen LogP contribution < -0.4 is 5.32 Å². The Morgan fingerprint density at radius 1 is 1.60 bits per heavy atom. The quantitative estimate of drug-likeness (QED) is 0.630. The van der Waals surface area contributed by atoms with Crippen LogP contribution in [0.1, 0.15) is 31.9 Å². The van der Waals surface area contributed by atoms with Crippen LogP contribution >= 0.6 is 23.1 Å². The van der Waals surface area contributed by atoms with Crippen molar-refractivity contribution in [3.05, 3.63) is 17.3 Å². The second-order valence-corrected chi connectivity index (χ2v) is 6.92. The molecule has 1 aliphatic rings. The third kappa shape index (κ3) is 3.19. The predicted molar refractivity (Wildman–Crippen MR) is 84.8 cm³/mol. The van der Waals surface area contributed by atoms with Gasteiger partial charge in [0.25, 0.3) is 0 Å². The molecular formula is C14H21N3OS2. The van der Waals surface area contributed by atoms with Crippen LogP contribution in [-0.2, 0) is 11.3 Å². The Hall–Kier alpha value is -0.560. The number of ether oxygens (including phenoxy) is 1. The molecule has 2 aromatic rings. The Bertz CT molecular complexity index is 546. The van der Waals surface area contributed by atoms with E-state index in [1.165, 1.54) is 18.5 Å². The molecule has 1 unspecified atom stereocenters. The lowest BCUT2D eigenvalue weighted by molar-refractivity contribution is 0.129. The molecule has 0 saturated carbocycles. The van der Waals surface area contributed by atoms with Crippen LogP contribution in [0.4, 0.5) is 0 Å². The highest BCUT2D eigenvalue weighted by Crippen LogP contribution is 2.28. The smallest absolute Gasteiger partial charge is 0.194 e. The van der Waals surface area contributed by atoms with Crippen LogP contribution in [0.3, 0.4) is 0 Å². The fraction of sp³-hybridized carbons (Fsp3) is 0.643. The summed E-state index contributed by atoms with van der Waals surface area (Å²) in [6.07, 6.45) is 6.08. The molecule has 0 aliphatic carbocycles. The van der Waals surface area contributed by atoms with E-state index in [0.717, 1.165) is 41.9 Å². The number of thioether (sulfide) groups is 1. The molecule has 1 atom stereocenters. The van der Waals surface area contributed by atoms with Crippen molar-refractivity contribution in [3.63, 3.8) is 0 Å². The summed E-state index contributed by atoms with van der Waals surface area (Å²) in [5.41, 5.74) is 1.29. The van der Waals surface area contributed by atoms with E-state index in [2.05, 4.69) is 28.2 Å². The number of thiazole rings is 1. The summed E-state index contributed by atoms with van der Waals surface area (Å²) in [5, 5.41) is 6.75. The molecule has 0 aromatic carbocycles. The summed E-state index contributed by atoms with van der Waals surface area (Å²) in [6.45, 7) is 5.05. The van der Waals surface area contributed by atoms with Gasteiger partial charge in [-0.2, -0.15) is 0 Å². The lowest BCUT2D eigenvalue weighted by atomic mass is 10.3. The van der Waals surface area contributed by atoms with Crippen molar-refractivity contribution in [2.75, 3.05) is 18.9 Å². The average molecular weight is 311 g/mol. The van der Waals surface area contributed by atoms with Gasteiger partial charge in [-0.05, 0) is 25.8 Å². The van der Waals surface area contributed by atoms with Gasteiger partial charge in [0, 0.05) is 30.5 Å². The fourth-order valence-corrected chi connectivity index (χ4v) is 4.31. The number of nitrogens with zero attached hydrogens (tertiary/aromatic N) is 2.